The van der Waals surface area contributed by atoms with Crippen molar-refractivity contribution in [3.8, 4) is 11.3 Å². The van der Waals surface area contributed by atoms with Gasteiger partial charge in [0.25, 0.3) is 0 Å². The van der Waals surface area contributed by atoms with Gasteiger partial charge in [-0.2, -0.15) is 0 Å². The van der Waals surface area contributed by atoms with Crippen LogP contribution >= 0.6 is 15.9 Å². The van der Waals surface area contributed by atoms with Crippen molar-refractivity contribution in [3.05, 3.63) is 34.1 Å². The fourth-order valence-corrected chi connectivity index (χ4v) is 2.10. The lowest BCUT2D eigenvalue weighted by Crippen LogP contribution is -1.96. The summed E-state index contributed by atoms with van der Waals surface area (Å²) in [5, 5.41) is 3.85. The molecule has 0 unspecified atom stereocenters. The molecule has 17 heavy (non-hydrogen) atoms. The molecule has 0 saturated heterocycles. The summed E-state index contributed by atoms with van der Waals surface area (Å²) in [5.41, 5.74) is 7.30. The Morgan fingerprint density at radius 1 is 1.41 bits per heavy atom. The van der Waals surface area contributed by atoms with Gasteiger partial charge in [-0.3, -0.25) is 0 Å². The number of nitrogens with two attached hydrogens (primary N) is 1. The molecule has 2 N–H and O–H groups in total. The average molecular weight is 299 g/mol. The predicted molar refractivity (Wildman–Crippen MR) is 68.1 cm³/mol. The molecule has 0 aliphatic carbocycles. The van der Waals surface area contributed by atoms with Crippen molar-refractivity contribution in [3.63, 3.8) is 0 Å². The second-order valence-corrected chi connectivity index (χ2v) is 5.00. The van der Waals surface area contributed by atoms with E-state index in [1.807, 2.05) is 13.8 Å². The lowest BCUT2D eigenvalue weighted by Gasteiger charge is -2.06. The molecule has 1 aromatic carbocycles. The molecule has 0 aliphatic rings. The monoisotopic (exact) mass is 298 g/mol. The van der Waals surface area contributed by atoms with Gasteiger partial charge in [0.15, 0.2) is 0 Å². The van der Waals surface area contributed by atoms with Crippen LogP contribution in [0.3, 0.4) is 0 Å². The number of hydrogen-bond acceptors (Lipinski definition) is 3. The summed E-state index contributed by atoms with van der Waals surface area (Å²) in [7, 11) is 0. The van der Waals surface area contributed by atoms with E-state index in [1.165, 1.54) is 6.07 Å². The van der Waals surface area contributed by atoms with Gasteiger partial charge >= 0.3 is 0 Å². The van der Waals surface area contributed by atoms with Gasteiger partial charge in [-0.1, -0.05) is 34.9 Å². The zero-order valence-electron chi connectivity index (χ0n) is 9.50. The fourth-order valence-electron chi connectivity index (χ4n) is 1.74. The first-order valence-electron chi connectivity index (χ1n) is 5.21. The summed E-state index contributed by atoms with van der Waals surface area (Å²) < 4.78 is 19.5. The van der Waals surface area contributed by atoms with Crippen LogP contribution in [-0.2, 0) is 0 Å². The molecule has 0 atom stereocenters. The van der Waals surface area contributed by atoms with E-state index in [-0.39, 0.29) is 17.6 Å². The summed E-state index contributed by atoms with van der Waals surface area (Å²) in [4.78, 5) is 0. The van der Waals surface area contributed by atoms with Gasteiger partial charge in [-0.25, -0.2) is 4.39 Å². The first kappa shape index (κ1) is 12.1. The first-order valence-corrected chi connectivity index (χ1v) is 6.00. The first-order chi connectivity index (χ1) is 8.00. The molecule has 0 aliphatic heterocycles. The number of hydrogen-bond donors (Lipinski definition) is 1. The molecule has 0 saturated carbocycles. The molecule has 3 nitrogen and oxygen atoms in total. The Bertz CT molecular complexity index is 551. The molecule has 0 radical (unpaired) electrons. The van der Waals surface area contributed by atoms with Crippen molar-refractivity contribution >= 4 is 21.8 Å². The molecular weight excluding hydrogens is 287 g/mol. The average Bonchev–Trinajstić information content (AvgIpc) is 2.64. The number of aromatic nitrogens is 1. The quantitative estimate of drug-likeness (QED) is 0.913. The van der Waals surface area contributed by atoms with Gasteiger partial charge in [-0.05, 0) is 24.1 Å². The Balaban J connectivity index is 2.64. The molecule has 0 fully saturated rings. The predicted octanol–water partition coefficient (Wildman–Crippen LogP) is 3.95. The Morgan fingerprint density at radius 3 is 2.76 bits per heavy atom. The Morgan fingerprint density at radius 2 is 2.12 bits per heavy atom. The molecule has 2 aromatic rings. The van der Waals surface area contributed by atoms with Crippen LogP contribution in [0.5, 0.6) is 0 Å². The summed E-state index contributed by atoms with van der Waals surface area (Å²) in [6.45, 7) is 3.92. The Kier molecular flexibility index (Phi) is 3.19. The lowest BCUT2D eigenvalue weighted by atomic mass is 9.98. The maximum Gasteiger partial charge on any atom is 0.226 e. The topological polar surface area (TPSA) is 52.0 Å². The van der Waals surface area contributed by atoms with Crippen LogP contribution in [0, 0.1) is 5.82 Å². The zero-order valence-corrected chi connectivity index (χ0v) is 11.1. The van der Waals surface area contributed by atoms with E-state index in [9.17, 15) is 4.39 Å². The van der Waals surface area contributed by atoms with Crippen molar-refractivity contribution in [1.29, 1.82) is 0 Å². The molecule has 2 rings (SSSR count). The van der Waals surface area contributed by atoms with Gasteiger partial charge in [-0.15, -0.1) is 0 Å². The van der Waals surface area contributed by atoms with Crippen LogP contribution in [0.25, 0.3) is 11.3 Å². The van der Waals surface area contributed by atoms with Crippen molar-refractivity contribution < 1.29 is 8.91 Å². The summed E-state index contributed by atoms with van der Waals surface area (Å²) in [5.74, 6) is 0.0207. The molecular formula is C12H12BrFN2O. The van der Waals surface area contributed by atoms with E-state index < -0.39 is 0 Å². The van der Waals surface area contributed by atoms with Crippen LogP contribution in [0.15, 0.2) is 27.2 Å². The molecule has 90 valence electrons. The largest absolute Gasteiger partial charge is 0.367 e. The second kappa shape index (κ2) is 4.49. The van der Waals surface area contributed by atoms with Gasteiger partial charge in [0.05, 0.1) is 0 Å². The molecule has 1 heterocycles. The number of anilines is 1. The van der Waals surface area contributed by atoms with Crippen LogP contribution in [0.1, 0.15) is 25.3 Å². The number of benzene rings is 1. The van der Waals surface area contributed by atoms with E-state index in [0.717, 1.165) is 10.0 Å². The highest BCUT2D eigenvalue weighted by Gasteiger charge is 2.20. The van der Waals surface area contributed by atoms with E-state index in [0.29, 0.717) is 11.3 Å². The van der Waals surface area contributed by atoms with Crippen LogP contribution in [0.4, 0.5) is 10.3 Å². The van der Waals surface area contributed by atoms with E-state index >= 15 is 0 Å². The normalized spacial score (nSPS) is 11.1. The smallest absolute Gasteiger partial charge is 0.226 e. The summed E-state index contributed by atoms with van der Waals surface area (Å²) >= 11 is 3.31. The minimum atomic E-state index is -0.344. The van der Waals surface area contributed by atoms with Crippen LogP contribution < -0.4 is 5.73 Å². The third kappa shape index (κ3) is 2.20. The van der Waals surface area contributed by atoms with Crippen molar-refractivity contribution in [2.75, 3.05) is 5.73 Å². The minimum Gasteiger partial charge on any atom is -0.367 e. The standard InChI is InChI=1S/C12H12BrFN2O/c1-6(2)10-11(16-17-12(10)15)8-5-7(13)3-4-9(8)14/h3-6H,15H2,1-2H3. The number of rotatable bonds is 2. The highest BCUT2D eigenvalue weighted by molar-refractivity contribution is 9.10. The molecule has 0 amide bonds. The zero-order chi connectivity index (χ0) is 12.6. The number of nitrogens with zero attached hydrogens (tertiary/aromatic N) is 1. The van der Waals surface area contributed by atoms with Crippen molar-refractivity contribution in [2.24, 2.45) is 0 Å². The van der Waals surface area contributed by atoms with E-state index in [1.54, 1.807) is 12.1 Å². The Labute approximate surface area is 107 Å². The van der Waals surface area contributed by atoms with Gasteiger partial charge < -0.3 is 10.3 Å². The van der Waals surface area contributed by atoms with Gasteiger partial charge in [0.1, 0.15) is 11.5 Å². The highest BCUT2D eigenvalue weighted by Crippen LogP contribution is 2.35. The van der Waals surface area contributed by atoms with Gasteiger partial charge in [0.2, 0.25) is 5.88 Å². The third-order valence-electron chi connectivity index (χ3n) is 2.52. The second-order valence-electron chi connectivity index (χ2n) is 4.09. The SMILES string of the molecule is CC(C)c1c(-c2cc(Br)ccc2F)noc1N. The Hall–Kier alpha value is -1.36. The minimum absolute atomic E-state index is 0.120. The lowest BCUT2D eigenvalue weighted by molar-refractivity contribution is 0.437. The highest BCUT2D eigenvalue weighted by atomic mass is 79.9. The fraction of sp³-hybridized carbons (Fsp3) is 0.250. The van der Waals surface area contributed by atoms with Crippen molar-refractivity contribution in [2.45, 2.75) is 19.8 Å². The molecule has 1 aromatic heterocycles. The number of halogens is 2. The molecule has 0 bridgehead atoms. The maximum atomic E-state index is 13.8. The van der Waals surface area contributed by atoms with E-state index in [4.69, 9.17) is 10.3 Å². The summed E-state index contributed by atoms with van der Waals surface area (Å²) in [6.07, 6.45) is 0. The van der Waals surface area contributed by atoms with Crippen molar-refractivity contribution in [1.82, 2.24) is 5.16 Å². The molecule has 0 spiro atoms. The number of nitrogen functional groups attached to an aromatic ring is 1. The van der Waals surface area contributed by atoms with Crippen LogP contribution in [0.2, 0.25) is 0 Å². The third-order valence-corrected chi connectivity index (χ3v) is 3.01. The summed E-state index contributed by atoms with van der Waals surface area (Å²) in [6, 6.07) is 4.68. The molecule has 5 heteroatoms. The maximum absolute atomic E-state index is 13.8. The van der Waals surface area contributed by atoms with E-state index in [2.05, 4.69) is 21.1 Å². The van der Waals surface area contributed by atoms with Gasteiger partial charge in [0, 0.05) is 15.6 Å². The van der Waals surface area contributed by atoms with Crippen LogP contribution in [-0.4, -0.2) is 5.16 Å².